The lowest BCUT2D eigenvalue weighted by Gasteiger charge is -2.28. The molecule has 6 nitrogen and oxygen atoms in total. The first-order valence-electron chi connectivity index (χ1n) is 9.94. The summed E-state index contributed by atoms with van der Waals surface area (Å²) in [5, 5.41) is 0.807. The SMILES string of the molecule is CC=C(C)C(=O)OCc1c2c(c(OC)c3occ(COC(C)=O)c13)CCC[C@@H]2C. The Labute approximate surface area is 170 Å². The molecule has 156 valence electrons. The molecule has 1 heterocycles. The van der Waals surface area contributed by atoms with Crippen molar-refractivity contribution in [2.45, 2.75) is 66.1 Å². The van der Waals surface area contributed by atoms with Crippen LogP contribution in [0, 0.1) is 0 Å². The number of methoxy groups -OCH3 is 1. The average molecular weight is 400 g/mol. The largest absolute Gasteiger partial charge is 0.493 e. The lowest BCUT2D eigenvalue weighted by atomic mass is 9.79. The Bertz CT molecular complexity index is 966. The molecule has 0 amide bonds. The van der Waals surface area contributed by atoms with Gasteiger partial charge in [0.2, 0.25) is 0 Å². The van der Waals surface area contributed by atoms with Gasteiger partial charge in [-0.1, -0.05) is 13.0 Å². The fourth-order valence-electron chi connectivity index (χ4n) is 4.06. The zero-order valence-corrected chi connectivity index (χ0v) is 17.7. The van der Waals surface area contributed by atoms with E-state index in [4.69, 9.17) is 18.6 Å². The first kappa shape index (κ1) is 21.0. The first-order chi connectivity index (χ1) is 13.9. The van der Waals surface area contributed by atoms with Gasteiger partial charge in [-0.3, -0.25) is 4.79 Å². The van der Waals surface area contributed by atoms with Crippen molar-refractivity contribution in [2.24, 2.45) is 0 Å². The molecule has 29 heavy (non-hydrogen) atoms. The Balaban J connectivity index is 2.18. The van der Waals surface area contributed by atoms with Crippen molar-refractivity contribution in [1.82, 2.24) is 0 Å². The van der Waals surface area contributed by atoms with E-state index in [9.17, 15) is 9.59 Å². The van der Waals surface area contributed by atoms with Gasteiger partial charge in [0, 0.05) is 34.6 Å². The number of carbonyl (C=O) groups is 2. The van der Waals surface area contributed by atoms with Crippen LogP contribution < -0.4 is 4.74 Å². The van der Waals surface area contributed by atoms with E-state index >= 15 is 0 Å². The van der Waals surface area contributed by atoms with Crippen molar-refractivity contribution in [1.29, 1.82) is 0 Å². The molecule has 0 fully saturated rings. The Hall–Kier alpha value is -2.76. The predicted molar refractivity (Wildman–Crippen MR) is 109 cm³/mol. The van der Waals surface area contributed by atoms with Gasteiger partial charge in [0.1, 0.15) is 13.2 Å². The predicted octanol–water partition coefficient (Wildman–Crippen LogP) is 4.95. The Kier molecular flexibility index (Phi) is 6.30. The molecule has 0 N–H and O–H groups in total. The van der Waals surface area contributed by atoms with E-state index in [-0.39, 0.29) is 25.2 Å². The van der Waals surface area contributed by atoms with Gasteiger partial charge in [-0.15, -0.1) is 0 Å². The number of hydrogen-bond donors (Lipinski definition) is 0. The van der Waals surface area contributed by atoms with Crippen LogP contribution >= 0.6 is 0 Å². The highest BCUT2D eigenvalue weighted by Gasteiger charge is 2.30. The highest BCUT2D eigenvalue weighted by atomic mass is 16.5. The number of allylic oxidation sites excluding steroid dienone is 1. The van der Waals surface area contributed by atoms with Gasteiger partial charge in [-0.05, 0) is 44.6 Å². The van der Waals surface area contributed by atoms with Gasteiger partial charge >= 0.3 is 11.9 Å². The van der Waals surface area contributed by atoms with E-state index in [1.807, 2.05) is 0 Å². The molecule has 1 aromatic carbocycles. The number of rotatable bonds is 6. The topological polar surface area (TPSA) is 75.0 Å². The molecule has 1 aliphatic rings. The van der Waals surface area contributed by atoms with Crippen molar-refractivity contribution < 1.29 is 28.2 Å². The minimum Gasteiger partial charge on any atom is -0.493 e. The Morgan fingerprint density at radius 3 is 2.66 bits per heavy atom. The van der Waals surface area contributed by atoms with Gasteiger partial charge in [0.25, 0.3) is 0 Å². The third-order valence-corrected chi connectivity index (χ3v) is 5.59. The van der Waals surface area contributed by atoms with Crippen molar-refractivity contribution in [3.63, 3.8) is 0 Å². The van der Waals surface area contributed by atoms with E-state index in [0.29, 0.717) is 17.1 Å². The second-order valence-corrected chi connectivity index (χ2v) is 7.49. The fourth-order valence-corrected chi connectivity index (χ4v) is 4.06. The summed E-state index contributed by atoms with van der Waals surface area (Å²) in [7, 11) is 1.64. The van der Waals surface area contributed by atoms with Gasteiger partial charge in [-0.25, -0.2) is 4.79 Å². The third-order valence-electron chi connectivity index (χ3n) is 5.59. The van der Waals surface area contributed by atoms with Crippen LogP contribution in [0.25, 0.3) is 11.0 Å². The maximum Gasteiger partial charge on any atom is 0.333 e. The Morgan fingerprint density at radius 2 is 2.00 bits per heavy atom. The van der Waals surface area contributed by atoms with Gasteiger partial charge in [0.05, 0.1) is 13.4 Å². The lowest BCUT2D eigenvalue weighted by Crippen LogP contribution is -2.15. The zero-order valence-electron chi connectivity index (χ0n) is 17.7. The molecule has 1 aliphatic carbocycles. The molecule has 2 aromatic rings. The van der Waals surface area contributed by atoms with Crippen LogP contribution in [0.1, 0.15) is 68.7 Å². The lowest BCUT2D eigenvalue weighted by molar-refractivity contribution is -0.142. The molecular weight excluding hydrogens is 372 g/mol. The smallest absolute Gasteiger partial charge is 0.333 e. The molecule has 1 aromatic heterocycles. The van der Waals surface area contributed by atoms with Crippen molar-refractivity contribution in [3.8, 4) is 5.75 Å². The second-order valence-electron chi connectivity index (χ2n) is 7.49. The summed E-state index contributed by atoms with van der Waals surface area (Å²) in [4.78, 5) is 23.6. The molecule has 1 atom stereocenters. The number of furan rings is 1. The molecule has 6 heteroatoms. The van der Waals surface area contributed by atoms with Gasteiger partial charge < -0.3 is 18.6 Å². The van der Waals surface area contributed by atoms with E-state index < -0.39 is 0 Å². The molecule has 0 unspecified atom stereocenters. The van der Waals surface area contributed by atoms with E-state index in [1.165, 1.54) is 6.92 Å². The van der Waals surface area contributed by atoms with Crippen LogP contribution in [-0.4, -0.2) is 19.0 Å². The van der Waals surface area contributed by atoms with Gasteiger partial charge in [0.15, 0.2) is 11.3 Å². The standard InChI is InChI=1S/C23H28O6/c1-6-13(2)23(25)29-12-18-19-14(3)8-7-9-17(19)21(26-5)22-20(18)16(11-28-22)10-27-15(4)24/h6,11,14H,7-10,12H2,1-5H3/t14-/m0/s1. The van der Waals surface area contributed by atoms with Crippen molar-refractivity contribution in [2.75, 3.05) is 7.11 Å². The molecule has 0 aliphatic heterocycles. The van der Waals surface area contributed by atoms with Crippen LogP contribution in [-0.2, 0) is 38.7 Å². The summed E-state index contributed by atoms with van der Waals surface area (Å²) < 4.78 is 22.4. The minimum atomic E-state index is -0.366. The molecule has 0 bridgehead atoms. The monoisotopic (exact) mass is 400 g/mol. The molecule has 0 spiro atoms. The van der Waals surface area contributed by atoms with Crippen LogP contribution in [0.4, 0.5) is 0 Å². The molecule has 3 rings (SSSR count). The summed E-state index contributed by atoms with van der Waals surface area (Å²) in [5.41, 5.74) is 5.08. The maximum atomic E-state index is 12.3. The number of esters is 2. The normalized spacial score (nSPS) is 16.4. The third kappa shape index (κ3) is 4.02. The summed E-state index contributed by atoms with van der Waals surface area (Å²) >= 11 is 0. The van der Waals surface area contributed by atoms with Crippen LogP contribution in [0.3, 0.4) is 0 Å². The minimum absolute atomic E-state index is 0.0908. The van der Waals surface area contributed by atoms with Crippen LogP contribution in [0.2, 0.25) is 0 Å². The number of carbonyl (C=O) groups excluding carboxylic acids is 2. The average Bonchev–Trinajstić information content (AvgIpc) is 3.12. The molecule has 0 radical (unpaired) electrons. The number of benzene rings is 1. The summed E-state index contributed by atoms with van der Waals surface area (Å²) in [6.07, 6.45) is 6.32. The molecule has 0 saturated heterocycles. The highest BCUT2D eigenvalue weighted by molar-refractivity contribution is 5.93. The first-order valence-corrected chi connectivity index (χ1v) is 9.94. The molecular formula is C23H28O6. The van der Waals surface area contributed by atoms with Gasteiger partial charge in [-0.2, -0.15) is 0 Å². The van der Waals surface area contributed by atoms with E-state index in [2.05, 4.69) is 6.92 Å². The highest BCUT2D eigenvalue weighted by Crippen LogP contribution is 2.46. The second kappa shape index (κ2) is 8.72. The zero-order chi connectivity index (χ0) is 21.1. The Morgan fingerprint density at radius 1 is 1.24 bits per heavy atom. The molecule has 0 saturated carbocycles. The quantitative estimate of drug-likeness (QED) is 0.504. The number of ether oxygens (including phenoxy) is 3. The van der Waals surface area contributed by atoms with E-state index in [0.717, 1.165) is 52.7 Å². The summed E-state index contributed by atoms with van der Waals surface area (Å²) in [6, 6.07) is 0. The van der Waals surface area contributed by atoms with Crippen molar-refractivity contribution in [3.05, 3.63) is 40.2 Å². The van der Waals surface area contributed by atoms with Crippen molar-refractivity contribution >= 4 is 22.9 Å². The van der Waals surface area contributed by atoms with E-state index in [1.54, 1.807) is 33.3 Å². The fraction of sp³-hybridized carbons (Fsp3) is 0.478. The summed E-state index contributed by atoms with van der Waals surface area (Å²) in [5.74, 6) is 0.299. The summed E-state index contributed by atoms with van der Waals surface area (Å²) in [6.45, 7) is 7.30. The van der Waals surface area contributed by atoms with Crippen LogP contribution in [0.15, 0.2) is 22.3 Å². The number of hydrogen-bond acceptors (Lipinski definition) is 6. The maximum absolute atomic E-state index is 12.3. The number of fused-ring (bicyclic) bond motifs is 2. The van der Waals surface area contributed by atoms with Crippen LogP contribution in [0.5, 0.6) is 5.75 Å².